The van der Waals surface area contributed by atoms with Crippen molar-refractivity contribution in [2.45, 2.75) is 69.5 Å². The van der Waals surface area contributed by atoms with Crippen molar-refractivity contribution in [3.63, 3.8) is 0 Å². The number of rotatable bonds is 12. The van der Waals surface area contributed by atoms with Crippen LogP contribution in [0.15, 0.2) is 108 Å². The van der Waals surface area contributed by atoms with Crippen LogP contribution in [0.25, 0.3) is 0 Å². The largest absolute Gasteiger partial charge is 0.352 e. The second-order valence-corrected chi connectivity index (χ2v) is 14.3. The number of carbonyl (C=O) groups is 2. The second kappa shape index (κ2) is 15.0. The van der Waals surface area contributed by atoms with Gasteiger partial charge >= 0.3 is 0 Å². The third kappa shape index (κ3) is 8.17. The first-order valence-corrected chi connectivity index (χ1v) is 17.5. The average Bonchev–Trinajstić information content (AvgIpc) is 3.56. The molecule has 0 saturated heterocycles. The summed E-state index contributed by atoms with van der Waals surface area (Å²) in [5, 5.41) is 3.66. The van der Waals surface area contributed by atoms with Crippen molar-refractivity contribution in [1.82, 2.24) is 10.2 Å². The number of anilines is 1. The second-order valence-electron chi connectivity index (χ2n) is 12.0. The van der Waals surface area contributed by atoms with Crippen LogP contribution in [-0.4, -0.2) is 43.8 Å². The van der Waals surface area contributed by atoms with Crippen LogP contribution in [0, 0.1) is 13.8 Å². The molecule has 240 valence electrons. The molecule has 0 radical (unpaired) electrons. The van der Waals surface area contributed by atoms with E-state index in [1.807, 2.05) is 61.5 Å². The lowest BCUT2D eigenvalue weighted by Gasteiger charge is -2.34. The Morgan fingerprint density at radius 2 is 1.48 bits per heavy atom. The van der Waals surface area contributed by atoms with Gasteiger partial charge in [0.1, 0.15) is 12.6 Å². The van der Waals surface area contributed by atoms with Crippen molar-refractivity contribution >= 4 is 39.1 Å². The minimum absolute atomic E-state index is 0.0498. The van der Waals surface area contributed by atoms with Gasteiger partial charge in [0, 0.05) is 24.0 Å². The lowest BCUT2D eigenvalue weighted by Crippen LogP contribution is -2.54. The fourth-order valence-corrected chi connectivity index (χ4v) is 7.67. The first-order chi connectivity index (χ1) is 22.1. The van der Waals surface area contributed by atoms with Crippen molar-refractivity contribution in [3.05, 3.63) is 130 Å². The summed E-state index contributed by atoms with van der Waals surface area (Å²) >= 11 is 6.25. The Hall–Kier alpha value is -4.14. The Kier molecular flexibility index (Phi) is 10.8. The van der Waals surface area contributed by atoms with Crippen molar-refractivity contribution in [1.29, 1.82) is 0 Å². The molecule has 4 aromatic carbocycles. The standard InChI is InChI=1S/C37H40ClN3O4S/c1-27-17-19-30(20-18-27)25-40(35(24-29-11-5-3-6-12-29)37(43)39-32-13-9-10-14-32)36(42)26-41(34-22-21-31(38)23-28(34)2)46(44,45)33-15-7-4-8-16-33/h3-8,11-12,15-23,32,35H,9-10,13-14,24-26H2,1-2H3,(H,39,43)/t35-/m0/s1. The van der Waals surface area contributed by atoms with Crippen LogP contribution in [0.5, 0.6) is 0 Å². The Morgan fingerprint density at radius 1 is 0.848 bits per heavy atom. The molecule has 5 rings (SSSR count). The van der Waals surface area contributed by atoms with Gasteiger partial charge < -0.3 is 10.2 Å². The van der Waals surface area contributed by atoms with Crippen LogP contribution in [0.4, 0.5) is 5.69 Å². The maximum absolute atomic E-state index is 14.6. The molecule has 1 N–H and O–H groups in total. The van der Waals surface area contributed by atoms with Gasteiger partial charge in [-0.1, -0.05) is 103 Å². The monoisotopic (exact) mass is 657 g/mol. The molecule has 2 amide bonds. The number of carbonyl (C=O) groups excluding carboxylic acids is 2. The summed E-state index contributed by atoms with van der Waals surface area (Å²) in [6, 6.07) is 29.5. The summed E-state index contributed by atoms with van der Waals surface area (Å²) in [5.74, 6) is -0.728. The van der Waals surface area contributed by atoms with E-state index in [0.29, 0.717) is 16.3 Å². The Bertz CT molecular complexity index is 1740. The predicted octanol–water partition coefficient (Wildman–Crippen LogP) is 6.85. The predicted molar refractivity (Wildman–Crippen MR) is 183 cm³/mol. The molecule has 0 bridgehead atoms. The SMILES string of the molecule is Cc1ccc(CN(C(=O)CN(c2ccc(Cl)cc2C)S(=O)(=O)c2ccccc2)[C@@H](Cc2ccccc2)C(=O)NC2CCCC2)cc1. The van der Waals surface area contributed by atoms with Crippen LogP contribution in [0.2, 0.25) is 5.02 Å². The first-order valence-electron chi connectivity index (χ1n) is 15.6. The molecule has 1 saturated carbocycles. The van der Waals surface area contributed by atoms with E-state index in [2.05, 4.69) is 5.32 Å². The molecule has 0 spiro atoms. The molecule has 7 nitrogen and oxygen atoms in total. The highest BCUT2D eigenvalue weighted by atomic mass is 35.5. The minimum atomic E-state index is -4.18. The fraction of sp³-hybridized carbons (Fsp3) is 0.297. The van der Waals surface area contributed by atoms with Gasteiger partial charge in [-0.15, -0.1) is 0 Å². The number of hydrogen-bond donors (Lipinski definition) is 1. The third-order valence-corrected chi connectivity index (χ3v) is 10.5. The number of benzene rings is 4. The van der Waals surface area contributed by atoms with Crippen LogP contribution in [-0.2, 0) is 32.6 Å². The molecule has 1 aliphatic rings. The summed E-state index contributed by atoms with van der Waals surface area (Å²) in [6.07, 6.45) is 4.17. The van der Waals surface area contributed by atoms with E-state index >= 15 is 0 Å². The van der Waals surface area contributed by atoms with Crippen molar-refractivity contribution in [3.8, 4) is 0 Å². The summed E-state index contributed by atoms with van der Waals surface area (Å²) in [6.45, 7) is 3.37. The van der Waals surface area contributed by atoms with Crippen LogP contribution in [0.1, 0.15) is 47.9 Å². The molecule has 0 heterocycles. The molecular weight excluding hydrogens is 618 g/mol. The van der Waals surface area contributed by atoms with Gasteiger partial charge in [-0.25, -0.2) is 8.42 Å². The molecule has 4 aromatic rings. The number of halogens is 1. The smallest absolute Gasteiger partial charge is 0.264 e. The van der Waals surface area contributed by atoms with E-state index in [0.717, 1.165) is 46.7 Å². The highest BCUT2D eigenvalue weighted by Crippen LogP contribution is 2.30. The zero-order valence-corrected chi connectivity index (χ0v) is 27.8. The summed E-state index contributed by atoms with van der Waals surface area (Å²) in [4.78, 5) is 30.3. The highest BCUT2D eigenvalue weighted by Gasteiger charge is 2.36. The zero-order chi connectivity index (χ0) is 32.7. The van der Waals surface area contributed by atoms with Gasteiger partial charge in [-0.05, 0) is 73.7 Å². The van der Waals surface area contributed by atoms with Crippen LogP contribution >= 0.6 is 11.6 Å². The molecule has 46 heavy (non-hydrogen) atoms. The molecule has 1 aliphatic carbocycles. The van der Waals surface area contributed by atoms with Gasteiger partial charge in [-0.2, -0.15) is 0 Å². The molecular formula is C37H40ClN3O4S. The minimum Gasteiger partial charge on any atom is -0.352 e. The Morgan fingerprint density at radius 3 is 2.11 bits per heavy atom. The van der Waals surface area contributed by atoms with Gasteiger partial charge in [0.05, 0.1) is 10.6 Å². The molecule has 1 atom stereocenters. The Labute approximate surface area is 277 Å². The fourth-order valence-electron chi connectivity index (χ4n) is 5.94. The van der Waals surface area contributed by atoms with E-state index in [1.54, 1.807) is 48.2 Å². The molecule has 0 aromatic heterocycles. The highest BCUT2D eigenvalue weighted by molar-refractivity contribution is 7.92. The topological polar surface area (TPSA) is 86.8 Å². The van der Waals surface area contributed by atoms with Crippen LogP contribution in [0.3, 0.4) is 0 Å². The number of sulfonamides is 1. The van der Waals surface area contributed by atoms with Crippen molar-refractivity contribution < 1.29 is 18.0 Å². The molecule has 0 unspecified atom stereocenters. The van der Waals surface area contributed by atoms with Crippen LogP contribution < -0.4 is 9.62 Å². The number of amides is 2. The number of nitrogens with one attached hydrogen (secondary N) is 1. The van der Waals surface area contributed by atoms with Gasteiger partial charge in [0.2, 0.25) is 11.8 Å². The van der Waals surface area contributed by atoms with E-state index in [4.69, 9.17) is 11.6 Å². The molecule has 0 aliphatic heterocycles. The summed E-state index contributed by atoms with van der Waals surface area (Å²) < 4.78 is 29.5. The average molecular weight is 658 g/mol. The van der Waals surface area contributed by atoms with E-state index < -0.39 is 28.5 Å². The van der Waals surface area contributed by atoms with Gasteiger partial charge in [-0.3, -0.25) is 13.9 Å². The van der Waals surface area contributed by atoms with E-state index in [1.165, 1.54) is 12.1 Å². The molecule has 1 fully saturated rings. The van der Waals surface area contributed by atoms with Gasteiger partial charge in [0.15, 0.2) is 0 Å². The number of nitrogens with zero attached hydrogens (tertiary/aromatic N) is 2. The number of aryl methyl sites for hydroxylation is 2. The quantitative estimate of drug-likeness (QED) is 0.181. The normalized spacial score (nSPS) is 14.1. The summed E-state index contributed by atoms with van der Waals surface area (Å²) in [7, 11) is -4.18. The van der Waals surface area contributed by atoms with Crippen molar-refractivity contribution in [2.24, 2.45) is 0 Å². The van der Waals surface area contributed by atoms with E-state index in [9.17, 15) is 18.0 Å². The molecule has 9 heteroatoms. The first kappa shape index (κ1) is 33.2. The summed E-state index contributed by atoms with van der Waals surface area (Å²) in [5.41, 5.74) is 3.75. The van der Waals surface area contributed by atoms with Crippen molar-refractivity contribution in [2.75, 3.05) is 10.8 Å². The Balaban J connectivity index is 1.57. The number of hydrogen-bond acceptors (Lipinski definition) is 4. The van der Waals surface area contributed by atoms with Gasteiger partial charge in [0.25, 0.3) is 10.0 Å². The third-order valence-electron chi connectivity index (χ3n) is 8.48. The maximum atomic E-state index is 14.6. The zero-order valence-electron chi connectivity index (χ0n) is 26.2. The lowest BCUT2D eigenvalue weighted by molar-refractivity contribution is -0.140. The lowest BCUT2D eigenvalue weighted by atomic mass is 10.0. The maximum Gasteiger partial charge on any atom is 0.264 e. The van der Waals surface area contributed by atoms with E-state index in [-0.39, 0.29) is 29.8 Å².